The van der Waals surface area contributed by atoms with Gasteiger partial charge in [-0.2, -0.15) is 5.10 Å². The van der Waals surface area contributed by atoms with Crippen LogP contribution in [0.3, 0.4) is 0 Å². The Balaban J connectivity index is 2.09. The van der Waals surface area contributed by atoms with Crippen molar-refractivity contribution in [3.05, 3.63) is 12.3 Å². The van der Waals surface area contributed by atoms with Crippen LogP contribution >= 0.6 is 0 Å². The smallest absolute Gasteiger partial charge is 0.233 e. The molecule has 0 radical (unpaired) electrons. The summed E-state index contributed by atoms with van der Waals surface area (Å²) in [6.45, 7) is 4.48. The molecule has 1 heterocycles. The van der Waals surface area contributed by atoms with Crippen LogP contribution in [0.15, 0.2) is 12.3 Å². The molecular formula is C11H18N4O. The minimum atomic E-state index is -0.313. The maximum atomic E-state index is 12.0. The lowest BCUT2D eigenvalue weighted by Crippen LogP contribution is -2.31. The van der Waals surface area contributed by atoms with Gasteiger partial charge in [0.2, 0.25) is 5.91 Å². The summed E-state index contributed by atoms with van der Waals surface area (Å²) in [7, 11) is 0. The number of nitrogens with zero attached hydrogens (tertiary/aromatic N) is 2. The van der Waals surface area contributed by atoms with Crippen LogP contribution < -0.4 is 11.1 Å². The van der Waals surface area contributed by atoms with E-state index in [2.05, 4.69) is 10.4 Å². The first-order valence-electron chi connectivity index (χ1n) is 5.64. The van der Waals surface area contributed by atoms with Gasteiger partial charge in [-0.15, -0.1) is 0 Å². The zero-order chi connectivity index (χ0) is 11.8. The third-order valence-corrected chi connectivity index (χ3v) is 3.13. The maximum Gasteiger partial charge on any atom is 0.233 e. The number of amides is 1. The van der Waals surface area contributed by atoms with Crippen LogP contribution in [0, 0.1) is 5.41 Å². The quantitative estimate of drug-likeness (QED) is 0.802. The molecule has 88 valence electrons. The second kappa shape index (κ2) is 3.90. The number of anilines is 1. The monoisotopic (exact) mass is 222 g/mol. The van der Waals surface area contributed by atoms with Gasteiger partial charge in [0, 0.05) is 18.7 Å². The van der Waals surface area contributed by atoms with Crippen molar-refractivity contribution in [2.75, 3.05) is 11.9 Å². The summed E-state index contributed by atoms with van der Waals surface area (Å²) in [6.07, 6.45) is 3.48. The topological polar surface area (TPSA) is 72.9 Å². The van der Waals surface area contributed by atoms with Gasteiger partial charge in [-0.3, -0.25) is 4.79 Å². The minimum Gasteiger partial charge on any atom is -0.329 e. The van der Waals surface area contributed by atoms with Crippen LogP contribution in [0.25, 0.3) is 0 Å². The lowest BCUT2D eigenvalue weighted by molar-refractivity contribution is -0.120. The summed E-state index contributed by atoms with van der Waals surface area (Å²) in [5, 5.41) is 7.07. The standard InChI is InChI=1S/C11H18N4O/c1-8(2)15-9(3-6-13-15)14-10(16)11(7-12)4-5-11/h3,6,8H,4-5,7,12H2,1-2H3,(H,14,16). The molecule has 1 saturated carbocycles. The van der Waals surface area contributed by atoms with Crippen LogP contribution in [0.2, 0.25) is 0 Å². The number of carbonyl (C=O) groups excluding carboxylic acids is 1. The fraction of sp³-hybridized carbons (Fsp3) is 0.636. The highest BCUT2D eigenvalue weighted by Crippen LogP contribution is 2.45. The number of nitrogens with two attached hydrogens (primary N) is 1. The summed E-state index contributed by atoms with van der Waals surface area (Å²) < 4.78 is 1.80. The van der Waals surface area contributed by atoms with Crippen LogP contribution in [-0.2, 0) is 4.79 Å². The zero-order valence-corrected chi connectivity index (χ0v) is 9.73. The average molecular weight is 222 g/mol. The minimum absolute atomic E-state index is 0.0254. The average Bonchev–Trinajstić information content (AvgIpc) is 2.92. The van der Waals surface area contributed by atoms with E-state index in [1.54, 1.807) is 10.9 Å². The molecule has 2 rings (SSSR count). The highest BCUT2D eigenvalue weighted by atomic mass is 16.2. The first-order valence-corrected chi connectivity index (χ1v) is 5.64. The predicted octanol–water partition coefficient (Wildman–Crippen LogP) is 1.14. The van der Waals surface area contributed by atoms with E-state index in [4.69, 9.17) is 5.73 Å². The van der Waals surface area contributed by atoms with E-state index in [0.717, 1.165) is 18.7 Å². The molecule has 1 fully saturated rings. The fourth-order valence-electron chi connectivity index (χ4n) is 1.75. The highest BCUT2D eigenvalue weighted by Gasteiger charge is 2.48. The SMILES string of the molecule is CC(C)n1nccc1NC(=O)C1(CN)CC1. The molecule has 1 aromatic rings. The van der Waals surface area contributed by atoms with Crippen LogP contribution in [0.1, 0.15) is 32.7 Å². The normalized spacial score (nSPS) is 17.5. The van der Waals surface area contributed by atoms with Gasteiger partial charge in [0.1, 0.15) is 5.82 Å². The fourth-order valence-corrected chi connectivity index (χ4v) is 1.75. The predicted molar refractivity (Wildman–Crippen MR) is 62.0 cm³/mol. The Morgan fingerprint density at radius 1 is 1.69 bits per heavy atom. The summed E-state index contributed by atoms with van der Waals surface area (Å²) in [6, 6.07) is 2.04. The van der Waals surface area contributed by atoms with E-state index in [-0.39, 0.29) is 17.4 Å². The van der Waals surface area contributed by atoms with Gasteiger partial charge in [-0.05, 0) is 26.7 Å². The van der Waals surface area contributed by atoms with E-state index in [1.165, 1.54) is 0 Å². The molecule has 1 aliphatic rings. The molecular weight excluding hydrogens is 204 g/mol. The Hall–Kier alpha value is -1.36. The molecule has 16 heavy (non-hydrogen) atoms. The third-order valence-electron chi connectivity index (χ3n) is 3.13. The summed E-state index contributed by atoms with van der Waals surface area (Å²) >= 11 is 0. The Labute approximate surface area is 95.0 Å². The van der Waals surface area contributed by atoms with Gasteiger partial charge in [0.05, 0.1) is 11.6 Å². The molecule has 1 amide bonds. The van der Waals surface area contributed by atoms with Gasteiger partial charge in [0.15, 0.2) is 0 Å². The number of nitrogens with one attached hydrogen (secondary N) is 1. The van der Waals surface area contributed by atoms with E-state index in [0.29, 0.717) is 6.54 Å². The Bertz CT molecular complexity index is 392. The maximum absolute atomic E-state index is 12.0. The molecule has 1 aliphatic carbocycles. The van der Waals surface area contributed by atoms with Crippen molar-refractivity contribution >= 4 is 11.7 Å². The zero-order valence-electron chi connectivity index (χ0n) is 9.73. The van der Waals surface area contributed by atoms with Gasteiger partial charge in [0.25, 0.3) is 0 Å². The first-order chi connectivity index (χ1) is 7.59. The first kappa shape index (κ1) is 11.1. The molecule has 5 heteroatoms. The molecule has 0 spiro atoms. The molecule has 3 N–H and O–H groups in total. The van der Waals surface area contributed by atoms with E-state index in [1.807, 2.05) is 19.9 Å². The van der Waals surface area contributed by atoms with Crippen LogP contribution in [0.5, 0.6) is 0 Å². The number of hydrogen-bond donors (Lipinski definition) is 2. The number of rotatable bonds is 4. The molecule has 0 atom stereocenters. The van der Waals surface area contributed by atoms with Gasteiger partial charge in [-0.1, -0.05) is 0 Å². The molecule has 5 nitrogen and oxygen atoms in total. The van der Waals surface area contributed by atoms with Crippen molar-refractivity contribution in [2.24, 2.45) is 11.1 Å². The van der Waals surface area contributed by atoms with E-state index < -0.39 is 0 Å². The van der Waals surface area contributed by atoms with Gasteiger partial charge in [-0.25, -0.2) is 4.68 Å². The summed E-state index contributed by atoms with van der Waals surface area (Å²) in [4.78, 5) is 12.0. The number of hydrogen-bond acceptors (Lipinski definition) is 3. The van der Waals surface area contributed by atoms with Crippen LogP contribution in [-0.4, -0.2) is 22.2 Å². The third kappa shape index (κ3) is 1.82. The van der Waals surface area contributed by atoms with Crippen molar-refractivity contribution in [3.8, 4) is 0 Å². The Morgan fingerprint density at radius 3 is 2.88 bits per heavy atom. The second-order valence-corrected chi connectivity index (χ2v) is 4.69. The molecule has 0 aromatic carbocycles. The summed E-state index contributed by atoms with van der Waals surface area (Å²) in [5.41, 5.74) is 5.30. The van der Waals surface area contributed by atoms with Crippen molar-refractivity contribution in [2.45, 2.75) is 32.7 Å². The van der Waals surface area contributed by atoms with Gasteiger partial charge >= 0.3 is 0 Å². The largest absolute Gasteiger partial charge is 0.329 e. The lowest BCUT2D eigenvalue weighted by atomic mass is 10.1. The van der Waals surface area contributed by atoms with Crippen molar-refractivity contribution in [1.29, 1.82) is 0 Å². The molecule has 0 unspecified atom stereocenters. The highest BCUT2D eigenvalue weighted by molar-refractivity contribution is 5.96. The number of carbonyl (C=O) groups is 1. The van der Waals surface area contributed by atoms with Crippen molar-refractivity contribution < 1.29 is 4.79 Å². The molecule has 1 aromatic heterocycles. The second-order valence-electron chi connectivity index (χ2n) is 4.69. The lowest BCUT2D eigenvalue weighted by Gasteiger charge is -2.15. The summed E-state index contributed by atoms with van der Waals surface area (Å²) in [5.74, 6) is 0.775. The molecule has 0 saturated heterocycles. The van der Waals surface area contributed by atoms with Crippen molar-refractivity contribution in [1.82, 2.24) is 9.78 Å². The number of aromatic nitrogens is 2. The van der Waals surface area contributed by atoms with E-state index >= 15 is 0 Å². The molecule has 0 bridgehead atoms. The van der Waals surface area contributed by atoms with Gasteiger partial charge < -0.3 is 11.1 Å². The Kier molecular flexibility index (Phi) is 2.71. The van der Waals surface area contributed by atoms with Crippen LogP contribution in [0.4, 0.5) is 5.82 Å². The Morgan fingerprint density at radius 2 is 2.38 bits per heavy atom. The van der Waals surface area contributed by atoms with Crippen molar-refractivity contribution in [3.63, 3.8) is 0 Å². The van der Waals surface area contributed by atoms with E-state index in [9.17, 15) is 4.79 Å². The molecule has 0 aliphatic heterocycles.